The van der Waals surface area contributed by atoms with E-state index < -0.39 is 25.3 Å². The van der Waals surface area contributed by atoms with E-state index in [1.807, 2.05) is 13.1 Å². The molecule has 19 heavy (non-hydrogen) atoms. The molecule has 0 heterocycles. The predicted molar refractivity (Wildman–Crippen MR) is 76.8 cm³/mol. The molecule has 0 saturated carbocycles. The van der Waals surface area contributed by atoms with Gasteiger partial charge in [-0.2, -0.15) is 27.8 Å². The molecule has 0 aliphatic carbocycles. The van der Waals surface area contributed by atoms with E-state index in [4.69, 9.17) is 14.4 Å². The van der Waals surface area contributed by atoms with Gasteiger partial charge in [-0.15, -0.1) is 0 Å². The van der Waals surface area contributed by atoms with Crippen molar-refractivity contribution in [1.82, 2.24) is 0 Å². The van der Waals surface area contributed by atoms with E-state index in [2.05, 4.69) is 34.6 Å². The van der Waals surface area contributed by atoms with Crippen LogP contribution in [0, 0.1) is 34.6 Å². The summed E-state index contributed by atoms with van der Waals surface area (Å²) in [6.07, 6.45) is 0. The standard InChI is InChI=1S/C10H15.C2H7OSi.2CO.Ru/c1-6-7(2)9(4)10(5)8(6)3;1-4(2)3;2*1-2;/h1-5H3;3H,1-2H3;;;/q-1;;;;. The van der Waals surface area contributed by atoms with Crippen LogP contribution in [0.3, 0.4) is 0 Å². The van der Waals surface area contributed by atoms with E-state index in [1.165, 1.54) is 36.8 Å². The Hall–Kier alpha value is -0.690. The first-order valence-electron chi connectivity index (χ1n) is 5.74. The fraction of sp³-hybridized carbons (Fsp3) is 0.500. The van der Waals surface area contributed by atoms with Crippen molar-refractivity contribution in [3.05, 3.63) is 27.8 Å². The third-order valence-corrected chi connectivity index (χ3v) is 3.24. The van der Waals surface area contributed by atoms with Gasteiger partial charge in [0.15, 0.2) is 9.04 Å². The normalized spacial score (nSPS) is 8.68. The summed E-state index contributed by atoms with van der Waals surface area (Å²) in [5, 5.41) is 0. The van der Waals surface area contributed by atoms with Gasteiger partial charge in [0, 0.05) is 0 Å². The first kappa shape index (κ1) is 20.6. The molecule has 0 saturated heterocycles. The fourth-order valence-electron chi connectivity index (χ4n) is 1.42. The Morgan fingerprint density at radius 3 is 1.32 bits per heavy atom. The summed E-state index contributed by atoms with van der Waals surface area (Å²) in [5.74, 6) is 0. The molecule has 1 rings (SSSR count). The second kappa shape index (κ2) is 11.2. The maximum absolute atomic E-state index is 9.06. The average molecular weight is 367 g/mol. The van der Waals surface area contributed by atoms with Crippen LogP contribution in [-0.4, -0.2) is 22.8 Å². The van der Waals surface area contributed by atoms with Crippen LogP contribution in [0.25, 0.3) is 0 Å². The monoisotopic (exact) mass is 368 g/mol. The molecule has 0 aliphatic rings. The van der Waals surface area contributed by atoms with Crippen molar-refractivity contribution in [3.8, 4) is 0 Å². The van der Waals surface area contributed by atoms with Crippen LogP contribution >= 0.6 is 0 Å². The van der Waals surface area contributed by atoms with Gasteiger partial charge in [-0.1, -0.05) is 34.6 Å². The predicted octanol–water partition coefficient (Wildman–Crippen LogP) is 2.38. The van der Waals surface area contributed by atoms with Gasteiger partial charge >= 0.3 is 34.8 Å². The second-order valence-electron chi connectivity index (χ2n) is 4.30. The molecule has 0 aromatic heterocycles. The zero-order valence-corrected chi connectivity index (χ0v) is 15.4. The Kier molecular flexibility index (Phi) is 12.1. The molecule has 0 spiro atoms. The second-order valence-corrected chi connectivity index (χ2v) is 7.34. The average Bonchev–Trinajstić information content (AvgIpc) is 2.49. The van der Waals surface area contributed by atoms with Crippen molar-refractivity contribution in [2.45, 2.75) is 47.7 Å². The zero-order valence-electron chi connectivity index (χ0n) is 12.6. The van der Waals surface area contributed by atoms with Gasteiger partial charge in [-0.3, -0.25) is 0 Å². The first-order valence-corrected chi connectivity index (χ1v) is 9.92. The van der Waals surface area contributed by atoms with Gasteiger partial charge in [-0.25, -0.2) is 0 Å². The third-order valence-electron chi connectivity index (χ3n) is 2.88. The third kappa shape index (κ3) is 8.93. The summed E-state index contributed by atoms with van der Waals surface area (Å²) in [4.78, 5) is 26.3. The quantitative estimate of drug-likeness (QED) is 0.566. The Balaban J connectivity index is 0. The molecule has 0 aliphatic heterocycles. The van der Waals surface area contributed by atoms with Crippen molar-refractivity contribution < 1.29 is 30.6 Å². The summed E-state index contributed by atoms with van der Waals surface area (Å²) in [6.45, 7) is 14.6. The van der Waals surface area contributed by atoms with Crippen LogP contribution in [0.4, 0.5) is 0 Å². The number of hydrogen-bond donors (Lipinski definition) is 1. The van der Waals surface area contributed by atoms with Gasteiger partial charge in [0.2, 0.25) is 0 Å². The Morgan fingerprint density at radius 1 is 1.00 bits per heavy atom. The van der Waals surface area contributed by atoms with Crippen molar-refractivity contribution in [2.24, 2.45) is 0 Å². The molecular weight excluding hydrogens is 345 g/mol. The van der Waals surface area contributed by atoms with Gasteiger partial charge < -0.3 is 4.80 Å². The number of hydrogen-bond acceptors (Lipinski definition) is 3. The van der Waals surface area contributed by atoms with Crippen molar-refractivity contribution in [3.63, 3.8) is 0 Å². The van der Waals surface area contributed by atoms with E-state index in [-0.39, 0.29) is 0 Å². The minimum absolute atomic E-state index is 0.842. The summed E-state index contributed by atoms with van der Waals surface area (Å²) in [5.41, 5.74) is 7.34. The van der Waals surface area contributed by atoms with Crippen molar-refractivity contribution in [2.75, 3.05) is 0 Å². The molecule has 0 bridgehead atoms. The van der Waals surface area contributed by atoms with Crippen LogP contribution in [0.2, 0.25) is 13.1 Å². The SMILES string of the molecule is C[Si](C)O.Cc1c(C)c(C)[c-](C)c1C.O=[C]=[Ru]=[C]=O. The Bertz CT molecular complexity index is 406. The van der Waals surface area contributed by atoms with Gasteiger partial charge in [-0.05, 0) is 13.1 Å². The van der Waals surface area contributed by atoms with Crippen molar-refractivity contribution >= 4 is 18.0 Å². The van der Waals surface area contributed by atoms with Gasteiger partial charge in [0.05, 0.1) is 0 Å². The molecule has 3 nitrogen and oxygen atoms in total. The van der Waals surface area contributed by atoms with Crippen LogP contribution in [-0.2, 0) is 25.8 Å². The van der Waals surface area contributed by atoms with E-state index in [9.17, 15) is 0 Å². The van der Waals surface area contributed by atoms with Crippen LogP contribution in [0.5, 0.6) is 0 Å². The fourth-order valence-corrected chi connectivity index (χ4v) is 1.49. The molecule has 5 heteroatoms. The molecule has 1 aromatic rings. The summed E-state index contributed by atoms with van der Waals surface area (Å²) >= 11 is -0.842. The Labute approximate surface area is 124 Å². The van der Waals surface area contributed by atoms with Crippen LogP contribution < -0.4 is 0 Å². The minimum atomic E-state index is -0.880. The Morgan fingerprint density at radius 2 is 1.26 bits per heavy atom. The zero-order chi connectivity index (χ0) is 15.6. The molecule has 0 fully saturated rings. The molecule has 0 atom stereocenters. The van der Waals surface area contributed by atoms with E-state index in [1.54, 1.807) is 0 Å². The molecule has 1 N–H and O–H groups in total. The van der Waals surface area contributed by atoms with E-state index in [0.717, 1.165) is 0 Å². The van der Waals surface area contributed by atoms with E-state index in [0.29, 0.717) is 0 Å². The topological polar surface area (TPSA) is 54.4 Å². The molecule has 109 valence electrons. The maximum atomic E-state index is 9.06. The first-order chi connectivity index (χ1) is 8.70. The summed E-state index contributed by atoms with van der Waals surface area (Å²) < 4.78 is 2.87. The van der Waals surface area contributed by atoms with E-state index >= 15 is 0 Å². The van der Waals surface area contributed by atoms with Crippen LogP contribution in [0.15, 0.2) is 0 Å². The van der Waals surface area contributed by atoms with Crippen LogP contribution in [0.1, 0.15) is 27.8 Å². The molecular formula is C14H22O3RuSi-. The van der Waals surface area contributed by atoms with Gasteiger partial charge in [0.1, 0.15) is 0 Å². The summed E-state index contributed by atoms with van der Waals surface area (Å²) in [7, 11) is -0.880. The molecule has 0 amide bonds. The molecule has 1 aromatic carbocycles. The summed E-state index contributed by atoms with van der Waals surface area (Å²) in [6, 6.07) is 0. The van der Waals surface area contributed by atoms with Crippen molar-refractivity contribution in [1.29, 1.82) is 0 Å². The molecule has 0 unspecified atom stereocenters. The van der Waals surface area contributed by atoms with Gasteiger partial charge in [0.25, 0.3) is 0 Å². The molecule has 1 radical (unpaired) electrons. The number of carbonyl (C=O) groups excluding carboxylic acids is 2. The number of rotatable bonds is 0.